The fourth-order valence-corrected chi connectivity index (χ4v) is 0.724. The summed E-state index contributed by atoms with van der Waals surface area (Å²) in [5, 5.41) is 8.30. The lowest BCUT2D eigenvalue weighted by Crippen LogP contribution is -2.10. The number of carbonyl (C=O) groups excluding carboxylic acids is 1. The molecule has 0 unspecified atom stereocenters. The van der Waals surface area contributed by atoms with E-state index in [1.807, 2.05) is 0 Å². The number of nitrogens with zero attached hydrogens (tertiary/aromatic N) is 1. The van der Waals surface area contributed by atoms with Crippen LogP contribution in [-0.4, -0.2) is 22.3 Å². The second kappa shape index (κ2) is 3.13. The molecule has 1 N–H and O–H groups in total. The van der Waals surface area contributed by atoms with Gasteiger partial charge in [-0.2, -0.15) is 18.2 Å². The highest BCUT2D eigenvalue weighted by atomic mass is 19.4. The van der Waals surface area contributed by atoms with Crippen molar-refractivity contribution in [1.29, 1.82) is 0 Å². The van der Waals surface area contributed by atoms with Gasteiger partial charge in [0.25, 0.3) is 5.89 Å². The summed E-state index contributed by atoms with van der Waals surface area (Å²) >= 11 is 0. The largest absolute Gasteiger partial charge is 0.476 e. The Hall–Kier alpha value is -1.86. The highest BCUT2D eigenvalue weighted by Crippen LogP contribution is 2.32. The Kier molecular flexibility index (Phi) is 2.28. The molecule has 14 heavy (non-hydrogen) atoms. The van der Waals surface area contributed by atoms with Crippen molar-refractivity contribution >= 4 is 12.3 Å². The predicted molar refractivity (Wildman–Crippen MR) is 33.9 cm³/mol. The van der Waals surface area contributed by atoms with Gasteiger partial charge in [0.15, 0.2) is 5.69 Å². The summed E-state index contributed by atoms with van der Waals surface area (Å²) in [6, 6.07) is 0. The molecule has 1 rings (SSSR count). The van der Waals surface area contributed by atoms with Crippen molar-refractivity contribution in [3.8, 4) is 0 Å². The molecule has 0 saturated heterocycles. The molecule has 0 aliphatic carbocycles. The lowest BCUT2D eigenvalue weighted by Gasteiger charge is -2.00. The molecular weight excluding hydrogens is 207 g/mol. The molecule has 0 spiro atoms. The number of carbonyl (C=O) groups is 2. The summed E-state index contributed by atoms with van der Waals surface area (Å²) in [5.41, 5.74) is -1.32. The van der Waals surface area contributed by atoms with E-state index in [1.165, 1.54) is 0 Å². The summed E-state index contributed by atoms with van der Waals surface area (Å²) in [6.45, 7) is 0. The van der Waals surface area contributed by atoms with Gasteiger partial charge in [-0.05, 0) is 0 Å². The Morgan fingerprint density at radius 1 is 1.50 bits per heavy atom. The van der Waals surface area contributed by atoms with Crippen LogP contribution in [0.3, 0.4) is 0 Å². The van der Waals surface area contributed by atoms with Gasteiger partial charge in [0, 0.05) is 0 Å². The Bertz CT molecular complexity index is 381. The molecule has 0 fully saturated rings. The summed E-state index contributed by atoms with van der Waals surface area (Å²) in [4.78, 5) is 23.1. The second-order valence-corrected chi connectivity index (χ2v) is 2.15. The number of halogens is 3. The maximum atomic E-state index is 12.0. The van der Waals surface area contributed by atoms with Gasteiger partial charge in [0.05, 0.1) is 0 Å². The highest BCUT2D eigenvalue weighted by Gasteiger charge is 2.41. The van der Waals surface area contributed by atoms with E-state index >= 15 is 0 Å². The molecule has 1 aromatic heterocycles. The van der Waals surface area contributed by atoms with Gasteiger partial charge < -0.3 is 9.52 Å². The molecule has 76 valence electrons. The molecule has 1 aromatic rings. The zero-order chi connectivity index (χ0) is 10.9. The summed E-state index contributed by atoms with van der Waals surface area (Å²) in [6.07, 6.45) is -5.09. The lowest BCUT2D eigenvalue weighted by atomic mass is 10.3. The molecule has 1 heterocycles. The number of aromatic carboxylic acids is 1. The van der Waals surface area contributed by atoms with E-state index in [1.54, 1.807) is 0 Å². The summed E-state index contributed by atoms with van der Waals surface area (Å²) < 4.78 is 40.0. The third-order valence-corrected chi connectivity index (χ3v) is 1.20. The van der Waals surface area contributed by atoms with Crippen LogP contribution in [0.4, 0.5) is 13.2 Å². The first-order valence-electron chi connectivity index (χ1n) is 3.12. The van der Waals surface area contributed by atoms with Crippen molar-refractivity contribution in [2.75, 3.05) is 0 Å². The Labute approximate surface area is 74.2 Å². The minimum absolute atomic E-state index is 0.109. The molecule has 0 aromatic carbocycles. The number of oxazole rings is 1. The molecule has 0 aliphatic rings. The van der Waals surface area contributed by atoms with Gasteiger partial charge in [-0.25, -0.2) is 4.79 Å². The van der Waals surface area contributed by atoms with E-state index in [0.717, 1.165) is 0 Å². The maximum Gasteiger partial charge on any atom is 0.452 e. The van der Waals surface area contributed by atoms with Gasteiger partial charge in [-0.3, -0.25) is 4.79 Å². The third-order valence-electron chi connectivity index (χ3n) is 1.20. The maximum absolute atomic E-state index is 12.0. The molecule has 0 saturated carbocycles. The number of carboxylic acid groups (broad SMARTS) is 1. The van der Waals surface area contributed by atoms with Crippen LogP contribution in [-0.2, 0) is 6.18 Å². The van der Waals surface area contributed by atoms with Crippen molar-refractivity contribution in [3.63, 3.8) is 0 Å². The number of carboxylic acids is 1. The van der Waals surface area contributed by atoms with Gasteiger partial charge in [-0.1, -0.05) is 0 Å². The quantitative estimate of drug-likeness (QED) is 0.740. The molecule has 0 amide bonds. The van der Waals surface area contributed by atoms with E-state index < -0.39 is 29.5 Å². The average Bonchev–Trinajstić information content (AvgIpc) is 2.46. The first kappa shape index (κ1) is 10.2. The van der Waals surface area contributed by atoms with Crippen LogP contribution in [0.5, 0.6) is 0 Å². The first-order chi connectivity index (χ1) is 6.36. The number of alkyl halides is 3. The van der Waals surface area contributed by atoms with E-state index in [9.17, 15) is 22.8 Å². The van der Waals surface area contributed by atoms with Gasteiger partial charge >= 0.3 is 12.1 Å². The van der Waals surface area contributed by atoms with Gasteiger partial charge in [0.2, 0.25) is 12.0 Å². The van der Waals surface area contributed by atoms with E-state index in [-0.39, 0.29) is 6.29 Å². The molecule has 5 nitrogen and oxygen atoms in total. The zero-order valence-corrected chi connectivity index (χ0v) is 6.33. The Morgan fingerprint density at radius 3 is 2.36 bits per heavy atom. The highest BCUT2D eigenvalue weighted by molar-refractivity contribution is 5.87. The number of rotatable bonds is 2. The van der Waals surface area contributed by atoms with Crippen LogP contribution in [0.25, 0.3) is 0 Å². The minimum Gasteiger partial charge on any atom is -0.476 e. The standard InChI is InChI=1S/C6H2F3NO4/c7-6(8,9)4-3(5(12)13)10-2(1-11)14-4/h1H,(H,12,13). The Balaban J connectivity index is 3.33. The second-order valence-electron chi connectivity index (χ2n) is 2.15. The average molecular weight is 209 g/mol. The smallest absolute Gasteiger partial charge is 0.452 e. The van der Waals surface area contributed by atoms with E-state index in [2.05, 4.69) is 9.40 Å². The van der Waals surface area contributed by atoms with Crippen molar-refractivity contribution in [2.45, 2.75) is 6.18 Å². The van der Waals surface area contributed by atoms with Crippen LogP contribution in [0.2, 0.25) is 0 Å². The predicted octanol–water partition coefficient (Wildman–Crippen LogP) is 1.20. The summed E-state index contributed by atoms with van der Waals surface area (Å²) in [5.74, 6) is -4.61. The number of hydrogen-bond donors (Lipinski definition) is 1. The normalized spacial score (nSPS) is 11.4. The molecular formula is C6H2F3NO4. The van der Waals surface area contributed by atoms with E-state index in [4.69, 9.17) is 5.11 Å². The van der Waals surface area contributed by atoms with Crippen molar-refractivity contribution in [2.24, 2.45) is 0 Å². The van der Waals surface area contributed by atoms with Crippen LogP contribution >= 0.6 is 0 Å². The number of aldehydes is 1. The molecule has 0 atom stereocenters. The first-order valence-corrected chi connectivity index (χ1v) is 3.12. The zero-order valence-electron chi connectivity index (χ0n) is 6.33. The van der Waals surface area contributed by atoms with Gasteiger partial charge in [-0.15, -0.1) is 0 Å². The monoisotopic (exact) mass is 209 g/mol. The molecule has 0 radical (unpaired) electrons. The molecule has 0 aliphatic heterocycles. The van der Waals surface area contributed by atoms with Crippen LogP contribution < -0.4 is 0 Å². The topological polar surface area (TPSA) is 80.4 Å². The van der Waals surface area contributed by atoms with Crippen molar-refractivity contribution < 1.29 is 32.3 Å². The van der Waals surface area contributed by atoms with Gasteiger partial charge in [0.1, 0.15) is 0 Å². The van der Waals surface area contributed by atoms with Crippen LogP contribution in [0, 0.1) is 0 Å². The van der Waals surface area contributed by atoms with E-state index in [0.29, 0.717) is 0 Å². The fourth-order valence-electron chi connectivity index (χ4n) is 0.724. The summed E-state index contributed by atoms with van der Waals surface area (Å²) in [7, 11) is 0. The minimum atomic E-state index is -4.98. The van der Waals surface area contributed by atoms with Crippen LogP contribution in [0.15, 0.2) is 4.42 Å². The fraction of sp³-hybridized carbons (Fsp3) is 0.167. The molecule has 0 bridgehead atoms. The number of aromatic nitrogens is 1. The van der Waals surface area contributed by atoms with Crippen molar-refractivity contribution in [1.82, 2.24) is 4.98 Å². The SMILES string of the molecule is O=Cc1nc(C(=O)O)c(C(F)(F)F)o1. The number of hydrogen-bond acceptors (Lipinski definition) is 4. The lowest BCUT2D eigenvalue weighted by molar-refractivity contribution is -0.153. The third kappa shape index (κ3) is 1.73. The van der Waals surface area contributed by atoms with Crippen molar-refractivity contribution in [3.05, 3.63) is 17.3 Å². The van der Waals surface area contributed by atoms with Crippen LogP contribution in [0.1, 0.15) is 26.9 Å². The Morgan fingerprint density at radius 2 is 2.07 bits per heavy atom. The molecule has 8 heteroatoms.